The Morgan fingerprint density at radius 2 is 2.04 bits per heavy atom. The molecule has 1 unspecified atom stereocenters. The average molecular weight is 372 g/mol. The van der Waals surface area contributed by atoms with Crippen molar-refractivity contribution in [2.45, 2.75) is 6.10 Å². The monoisotopic (exact) mass is 372 g/mol. The Bertz CT molecular complexity index is 916. The summed E-state index contributed by atoms with van der Waals surface area (Å²) < 4.78 is 16.6. The van der Waals surface area contributed by atoms with Gasteiger partial charge in [0.1, 0.15) is 11.9 Å². The van der Waals surface area contributed by atoms with Crippen molar-refractivity contribution in [3.8, 4) is 11.5 Å². The Morgan fingerprint density at radius 1 is 1.23 bits per heavy atom. The smallest absolute Gasteiger partial charge is 0.228 e. The quantitative estimate of drug-likeness (QED) is 0.754. The molecule has 2 N–H and O–H groups in total. The Morgan fingerprint density at radius 3 is 2.77 bits per heavy atom. The highest BCUT2D eigenvalue weighted by Crippen LogP contribution is 2.35. The standard InChI is InChI=1S/C18H20N4O3S/c1-23-13-8-11-12(9-14(13)24-2)20-18(21-17(11)19)22-5-6-25-15(10-22)16-4-3-7-26-16/h3-4,7-9,15H,5-6,10H2,1-2H3,(H2,19,20,21). The average Bonchev–Trinajstić information content (AvgIpc) is 3.22. The van der Waals surface area contributed by atoms with E-state index in [1.807, 2.05) is 12.1 Å². The summed E-state index contributed by atoms with van der Waals surface area (Å²) in [6.45, 7) is 2.04. The van der Waals surface area contributed by atoms with Crippen molar-refractivity contribution >= 4 is 34.0 Å². The van der Waals surface area contributed by atoms with Gasteiger partial charge in [-0.1, -0.05) is 6.07 Å². The number of benzene rings is 1. The minimum Gasteiger partial charge on any atom is -0.493 e. The van der Waals surface area contributed by atoms with Crippen LogP contribution in [0.15, 0.2) is 29.6 Å². The number of nitrogens with zero attached hydrogens (tertiary/aromatic N) is 3. The van der Waals surface area contributed by atoms with Crippen LogP contribution in [0.4, 0.5) is 11.8 Å². The number of ether oxygens (including phenoxy) is 3. The first-order valence-electron chi connectivity index (χ1n) is 8.29. The second-order valence-electron chi connectivity index (χ2n) is 5.95. The zero-order valence-corrected chi connectivity index (χ0v) is 15.5. The maximum Gasteiger partial charge on any atom is 0.228 e. The van der Waals surface area contributed by atoms with Crippen LogP contribution in [0.2, 0.25) is 0 Å². The summed E-state index contributed by atoms with van der Waals surface area (Å²) in [4.78, 5) is 12.5. The molecule has 0 bridgehead atoms. The van der Waals surface area contributed by atoms with Gasteiger partial charge in [-0.15, -0.1) is 11.3 Å². The van der Waals surface area contributed by atoms with Crippen molar-refractivity contribution < 1.29 is 14.2 Å². The highest BCUT2D eigenvalue weighted by molar-refractivity contribution is 7.10. The first-order chi connectivity index (χ1) is 12.7. The van der Waals surface area contributed by atoms with Gasteiger partial charge in [0, 0.05) is 22.9 Å². The van der Waals surface area contributed by atoms with Crippen molar-refractivity contribution in [1.82, 2.24) is 9.97 Å². The van der Waals surface area contributed by atoms with Gasteiger partial charge in [-0.05, 0) is 17.5 Å². The van der Waals surface area contributed by atoms with Crippen molar-refractivity contribution in [3.63, 3.8) is 0 Å². The van der Waals surface area contributed by atoms with Gasteiger partial charge in [0.05, 0.1) is 32.9 Å². The Hall–Kier alpha value is -2.58. The van der Waals surface area contributed by atoms with Gasteiger partial charge in [0.15, 0.2) is 11.5 Å². The molecule has 1 atom stereocenters. The van der Waals surface area contributed by atoms with Crippen molar-refractivity contribution in [1.29, 1.82) is 0 Å². The molecule has 1 aliphatic rings. The van der Waals surface area contributed by atoms with E-state index >= 15 is 0 Å². The van der Waals surface area contributed by atoms with Gasteiger partial charge >= 0.3 is 0 Å². The van der Waals surface area contributed by atoms with Crippen LogP contribution in [0.5, 0.6) is 11.5 Å². The maximum absolute atomic E-state index is 6.20. The molecule has 26 heavy (non-hydrogen) atoms. The number of aromatic nitrogens is 2. The first-order valence-corrected chi connectivity index (χ1v) is 9.16. The van der Waals surface area contributed by atoms with Crippen LogP contribution in [0.3, 0.4) is 0 Å². The molecular weight excluding hydrogens is 352 g/mol. The Labute approximate surface area is 155 Å². The van der Waals surface area contributed by atoms with E-state index in [1.54, 1.807) is 31.6 Å². The third-order valence-electron chi connectivity index (χ3n) is 4.43. The molecule has 0 aliphatic carbocycles. The molecule has 0 radical (unpaired) electrons. The Balaban J connectivity index is 1.70. The molecule has 0 spiro atoms. The van der Waals surface area contributed by atoms with E-state index in [1.165, 1.54) is 4.88 Å². The number of methoxy groups -OCH3 is 2. The van der Waals surface area contributed by atoms with Crippen molar-refractivity contribution in [2.75, 3.05) is 44.5 Å². The zero-order valence-electron chi connectivity index (χ0n) is 14.6. The summed E-state index contributed by atoms with van der Waals surface area (Å²) in [7, 11) is 3.19. The highest BCUT2D eigenvalue weighted by atomic mass is 32.1. The second kappa shape index (κ2) is 6.97. The summed E-state index contributed by atoms with van der Waals surface area (Å²) in [5, 5.41) is 2.80. The first kappa shape index (κ1) is 16.9. The normalized spacial score (nSPS) is 17.5. The molecule has 0 saturated carbocycles. The lowest BCUT2D eigenvalue weighted by molar-refractivity contribution is 0.0416. The highest BCUT2D eigenvalue weighted by Gasteiger charge is 2.25. The van der Waals surface area contributed by atoms with Crippen LogP contribution in [-0.4, -0.2) is 43.9 Å². The number of anilines is 2. The third kappa shape index (κ3) is 3.02. The van der Waals surface area contributed by atoms with E-state index in [4.69, 9.17) is 24.9 Å². The molecule has 0 amide bonds. The number of rotatable bonds is 4. The number of hydrogen-bond acceptors (Lipinski definition) is 8. The number of hydrogen-bond donors (Lipinski definition) is 1. The third-order valence-corrected chi connectivity index (χ3v) is 5.39. The molecule has 1 fully saturated rings. The van der Waals surface area contributed by atoms with E-state index in [0.717, 1.165) is 17.4 Å². The second-order valence-corrected chi connectivity index (χ2v) is 6.93. The zero-order chi connectivity index (χ0) is 18.1. The number of nitrogens with two attached hydrogens (primary N) is 1. The molecule has 1 aliphatic heterocycles. The summed E-state index contributed by atoms with van der Waals surface area (Å²) >= 11 is 1.69. The van der Waals surface area contributed by atoms with Crippen molar-refractivity contribution in [2.24, 2.45) is 0 Å². The van der Waals surface area contributed by atoms with E-state index < -0.39 is 0 Å². The van der Waals surface area contributed by atoms with E-state index in [0.29, 0.717) is 36.4 Å². The lowest BCUT2D eigenvalue weighted by Crippen LogP contribution is -2.39. The molecule has 3 aromatic rings. The summed E-state index contributed by atoms with van der Waals surface area (Å²) in [6, 6.07) is 7.76. The molecule has 1 aromatic carbocycles. The molecule has 136 valence electrons. The summed E-state index contributed by atoms with van der Waals surface area (Å²) in [5.74, 6) is 2.24. The molecule has 1 saturated heterocycles. The Kier molecular flexibility index (Phi) is 4.52. The van der Waals surface area contributed by atoms with Crippen LogP contribution in [-0.2, 0) is 4.74 Å². The molecule has 4 rings (SSSR count). The number of nitrogen functional groups attached to an aromatic ring is 1. The van der Waals surface area contributed by atoms with Crippen LogP contribution in [0.1, 0.15) is 11.0 Å². The van der Waals surface area contributed by atoms with Gasteiger partial charge in [-0.3, -0.25) is 0 Å². The van der Waals surface area contributed by atoms with E-state index in [9.17, 15) is 0 Å². The topological polar surface area (TPSA) is 82.7 Å². The fraction of sp³-hybridized carbons (Fsp3) is 0.333. The van der Waals surface area contributed by atoms with Crippen LogP contribution < -0.4 is 20.1 Å². The fourth-order valence-electron chi connectivity index (χ4n) is 3.09. The van der Waals surface area contributed by atoms with Crippen molar-refractivity contribution in [3.05, 3.63) is 34.5 Å². The van der Waals surface area contributed by atoms with E-state index in [2.05, 4.69) is 21.3 Å². The predicted octanol–water partition coefficient (Wildman–Crippen LogP) is 2.87. The molecule has 8 heteroatoms. The number of morpholine rings is 1. The minimum absolute atomic E-state index is 0.0228. The van der Waals surface area contributed by atoms with Gasteiger partial charge < -0.3 is 24.8 Å². The summed E-state index contributed by atoms with van der Waals surface area (Å²) in [6.07, 6.45) is 0.0228. The summed E-state index contributed by atoms with van der Waals surface area (Å²) in [5.41, 5.74) is 6.93. The van der Waals surface area contributed by atoms with Crippen LogP contribution in [0.25, 0.3) is 10.9 Å². The SMILES string of the molecule is COc1cc2nc(N3CCOC(c4cccs4)C3)nc(N)c2cc1OC. The van der Waals surface area contributed by atoms with Crippen LogP contribution in [0, 0.1) is 0 Å². The number of fused-ring (bicyclic) bond motifs is 1. The lowest BCUT2D eigenvalue weighted by Gasteiger charge is -2.32. The lowest BCUT2D eigenvalue weighted by atomic mass is 10.2. The molecule has 3 heterocycles. The van der Waals surface area contributed by atoms with Gasteiger partial charge in [-0.25, -0.2) is 4.98 Å². The van der Waals surface area contributed by atoms with Gasteiger partial charge in [-0.2, -0.15) is 4.98 Å². The largest absolute Gasteiger partial charge is 0.493 e. The number of thiophene rings is 1. The van der Waals surface area contributed by atoms with E-state index in [-0.39, 0.29) is 6.10 Å². The van der Waals surface area contributed by atoms with Gasteiger partial charge in [0.25, 0.3) is 0 Å². The molecule has 2 aromatic heterocycles. The minimum atomic E-state index is 0.0228. The molecule has 7 nitrogen and oxygen atoms in total. The van der Waals surface area contributed by atoms with Gasteiger partial charge in [0.2, 0.25) is 5.95 Å². The maximum atomic E-state index is 6.20. The molecular formula is C18H20N4O3S. The predicted molar refractivity (Wildman–Crippen MR) is 102 cm³/mol. The van der Waals surface area contributed by atoms with Crippen LogP contribution >= 0.6 is 11.3 Å². The fourth-order valence-corrected chi connectivity index (χ4v) is 3.85.